The predicted octanol–water partition coefficient (Wildman–Crippen LogP) is 2.40. The van der Waals surface area contributed by atoms with Gasteiger partial charge in [0.05, 0.1) is 12.7 Å². The van der Waals surface area contributed by atoms with Gasteiger partial charge in [0.25, 0.3) is 0 Å². The fourth-order valence-electron chi connectivity index (χ4n) is 1.66. The van der Waals surface area contributed by atoms with Gasteiger partial charge in [-0.15, -0.1) is 10.2 Å². The minimum atomic E-state index is -0.591. The van der Waals surface area contributed by atoms with Gasteiger partial charge in [0.1, 0.15) is 6.33 Å². The summed E-state index contributed by atoms with van der Waals surface area (Å²) >= 11 is 7.37. The molecule has 0 saturated carbocycles. The molecular weight excluding hydrogens is 298 g/mol. The van der Waals surface area contributed by atoms with E-state index in [0.717, 1.165) is 10.7 Å². The summed E-state index contributed by atoms with van der Waals surface area (Å²) < 4.78 is 6.93. The second kappa shape index (κ2) is 7.64. The van der Waals surface area contributed by atoms with E-state index < -0.39 is 6.10 Å². The van der Waals surface area contributed by atoms with Gasteiger partial charge < -0.3 is 14.4 Å². The number of aliphatic hydroxyl groups excluding tert-OH is 1. The number of methoxy groups -OCH3 is 1. The summed E-state index contributed by atoms with van der Waals surface area (Å²) in [6.07, 6.45) is 1.07. The molecule has 1 aromatic heterocycles. The molecule has 0 aliphatic rings. The Bertz CT molecular complexity index is 550. The Morgan fingerprint density at radius 2 is 2.35 bits per heavy atom. The van der Waals surface area contributed by atoms with Crippen molar-refractivity contribution < 1.29 is 9.84 Å². The Morgan fingerprint density at radius 3 is 3.10 bits per heavy atom. The molecule has 0 aliphatic heterocycles. The monoisotopic (exact) mass is 313 g/mol. The van der Waals surface area contributed by atoms with E-state index in [1.807, 2.05) is 16.7 Å². The van der Waals surface area contributed by atoms with Crippen molar-refractivity contribution in [2.75, 3.05) is 19.5 Å². The minimum Gasteiger partial charge on any atom is -0.388 e. The summed E-state index contributed by atoms with van der Waals surface area (Å²) in [4.78, 5) is 0. The summed E-state index contributed by atoms with van der Waals surface area (Å²) in [5, 5.41) is 19.4. The lowest BCUT2D eigenvalue weighted by Crippen LogP contribution is -2.06. The predicted molar refractivity (Wildman–Crippen MR) is 79.0 cm³/mol. The maximum absolute atomic E-state index is 10.1. The lowest BCUT2D eigenvalue weighted by atomic mass is 10.1. The van der Waals surface area contributed by atoms with Crippen molar-refractivity contribution in [3.63, 3.8) is 0 Å². The molecule has 1 N–H and O–H groups in total. The van der Waals surface area contributed by atoms with Crippen LogP contribution in [0.15, 0.2) is 35.7 Å². The van der Waals surface area contributed by atoms with E-state index in [1.54, 1.807) is 25.6 Å². The van der Waals surface area contributed by atoms with Crippen molar-refractivity contribution in [3.8, 4) is 0 Å². The Morgan fingerprint density at radius 1 is 1.50 bits per heavy atom. The standard InChI is InChI=1S/C13H16ClN3O2S/c1-19-6-5-17-9-15-16-13(17)20-8-12(18)10-3-2-4-11(14)7-10/h2-4,7,9,12,18H,5-6,8H2,1H3. The lowest BCUT2D eigenvalue weighted by molar-refractivity contribution is 0.184. The number of rotatable bonds is 7. The van der Waals surface area contributed by atoms with Crippen LogP contribution in [-0.4, -0.2) is 39.3 Å². The van der Waals surface area contributed by atoms with Crippen molar-refractivity contribution in [2.45, 2.75) is 17.8 Å². The zero-order valence-electron chi connectivity index (χ0n) is 11.1. The number of hydrogen-bond donors (Lipinski definition) is 1. The van der Waals surface area contributed by atoms with Crippen LogP contribution in [0.25, 0.3) is 0 Å². The zero-order valence-corrected chi connectivity index (χ0v) is 12.6. The van der Waals surface area contributed by atoms with Gasteiger partial charge in [0, 0.05) is 24.4 Å². The molecule has 1 unspecified atom stereocenters. The Kier molecular flexibility index (Phi) is 5.85. The quantitative estimate of drug-likeness (QED) is 0.795. The fourth-order valence-corrected chi connectivity index (χ4v) is 2.77. The first-order chi connectivity index (χ1) is 9.70. The largest absolute Gasteiger partial charge is 0.388 e. The van der Waals surface area contributed by atoms with Crippen molar-refractivity contribution >= 4 is 23.4 Å². The van der Waals surface area contributed by atoms with Crippen LogP contribution >= 0.6 is 23.4 Å². The zero-order chi connectivity index (χ0) is 14.4. The third-order valence-corrected chi connectivity index (χ3v) is 4.01. The number of hydrogen-bond acceptors (Lipinski definition) is 5. The number of thioether (sulfide) groups is 1. The van der Waals surface area contributed by atoms with Crippen LogP contribution in [0.5, 0.6) is 0 Å². The van der Waals surface area contributed by atoms with Crippen molar-refractivity contribution in [3.05, 3.63) is 41.2 Å². The lowest BCUT2D eigenvalue weighted by Gasteiger charge is -2.11. The molecule has 1 atom stereocenters. The SMILES string of the molecule is COCCn1cnnc1SCC(O)c1cccc(Cl)c1. The molecular formula is C13H16ClN3O2S. The Balaban J connectivity index is 1.93. The van der Waals surface area contributed by atoms with E-state index in [0.29, 0.717) is 23.9 Å². The van der Waals surface area contributed by atoms with E-state index in [9.17, 15) is 5.11 Å². The topological polar surface area (TPSA) is 60.2 Å². The van der Waals surface area contributed by atoms with Crippen LogP contribution < -0.4 is 0 Å². The molecule has 0 spiro atoms. The van der Waals surface area contributed by atoms with Crippen molar-refractivity contribution in [1.29, 1.82) is 0 Å². The average molecular weight is 314 g/mol. The molecule has 1 heterocycles. The molecule has 0 aliphatic carbocycles. The second-order valence-corrected chi connectivity index (χ2v) is 5.61. The van der Waals surface area contributed by atoms with Gasteiger partial charge in [0.2, 0.25) is 0 Å². The van der Waals surface area contributed by atoms with Gasteiger partial charge in [0.15, 0.2) is 5.16 Å². The highest BCUT2D eigenvalue weighted by Gasteiger charge is 2.11. The van der Waals surface area contributed by atoms with Crippen LogP contribution in [0.4, 0.5) is 0 Å². The fraction of sp³-hybridized carbons (Fsp3) is 0.385. The summed E-state index contributed by atoms with van der Waals surface area (Å²) in [5.74, 6) is 0.492. The average Bonchev–Trinajstić information content (AvgIpc) is 2.90. The molecule has 2 aromatic rings. The number of halogens is 1. The molecule has 20 heavy (non-hydrogen) atoms. The van der Waals surface area contributed by atoms with Crippen LogP contribution in [0.1, 0.15) is 11.7 Å². The molecule has 0 bridgehead atoms. The third-order valence-electron chi connectivity index (χ3n) is 2.72. The molecule has 0 radical (unpaired) electrons. The summed E-state index contributed by atoms with van der Waals surface area (Å²) in [5.41, 5.74) is 0.799. The van der Waals surface area contributed by atoms with Crippen LogP contribution in [0, 0.1) is 0 Å². The van der Waals surface area contributed by atoms with Crippen LogP contribution in [0.3, 0.4) is 0 Å². The number of ether oxygens (including phenoxy) is 1. The first kappa shape index (κ1) is 15.3. The Labute approximate surface area is 126 Å². The summed E-state index contributed by atoms with van der Waals surface area (Å²) in [7, 11) is 1.65. The third kappa shape index (κ3) is 4.21. The molecule has 1 aromatic carbocycles. The van der Waals surface area contributed by atoms with E-state index >= 15 is 0 Å². The van der Waals surface area contributed by atoms with Crippen LogP contribution in [0.2, 0.25) is 5.02 Å². The highest BCUT2D eigenvalue weighted by molar-refractivity contribution is 7.99. The van der Waals surface area contributed by atoms with E-state index in [4.69, 9.17) is 16.3 Å². The van der Waals surface area contributed by atoms with E-state index in [2.05, 4.69) is 10.2 Å². The minimum absolute atomic E-state index is 0.492. The molecule has 0 fully saturated rings. The molecule has 108 valence electrons. The van der Waals surface area contributed by atoms with Gasteiger partial charge >= 0.3 is 0 Å². The molecule has 0 amide bonds. The first-order valence-electron chi connectivity index (χ1n) is 6.14. The normalized spacial score (nSPS) is 12.6. The van der Waals surface area contributed by atoms with Gasteiger partial charge in [-0.25, -0.2) is 0 Å². The van der Waals surface area contributed by atoms with Gasteiger partial charge in [-0.05, 0) is 17.7 Å². The van der Waals surface area contributed by atoms with Gasteiger partial charge in [-0.2, -0.15) is 0 Å². The molecule has 5 nitrogen and oxygen atoms in total. The summed E-state index contributed by atoms with van der Waals surface area (Å²) in [6.45, 7) is 1.29. The molecule has 7 heteroatoms. The van der Waals surface area contributed by atoms with E-state index in [-0.39, 0.29) is 0 Å². The van der Waals surface area contributed by atoms with Gasteiger partial charge in [-0.3, -0.25) is 0 Å². The number of aliphatic hydroxyl groups is 1. The highest BCUT2D eigenvalue weighted by Crippen LogP contribution is 2.24. The van der Waals surface area contributed by atoms with E-state index in [1.165, 1.54) is 11.8 Å². The summed E-state index contributed by atoms with van der Waals surface area (Å²) in [6, 6.07) is 7.23. The maximum atomic E-state index is 10.1. The molecule has 0 saturated heterocycles. The van der Waals surface area contributed by atoms with Crippen LogP contribution in [-0.2, 0) is 11.3 Å². The molecule has 2 rings (SSSR count). The highest BCUT2D eigenvalue weighted by atomic mass is 35.5. The number of aromatic nitrogens is 3. The first-order valence-corrected chi connectivity index (χ1v) is 7.50. The second-order valence-electron chi connectivity index (χ2n) is 4.18. The van der Waals surface area contributed by atoms with Crippen molar-refractivity contribution in [2.24, 2.45) is 0 Å². The smallest absolute Gasteiger partial charge is 0.191 e. The van der Waals surface area contributed by atoms with Crippen molar-refractivity contribution in [1.82, 2.24) is 14.8 Å². The number of nitrogens with zero attached hydrogens (tertiary/aromatic N) is 3. The number of benzene rings is 1. The Hall–Kier alpha value is -1.08. The van der Waals surface area contributed by atoms with Gasteiger partial charge in [-0.1, -0.05) is 35.5 Å². The maximum Gasteiger partial charge on any atom is 0.191 e.